The third kappa shape index (κ3) is 5.47. The Morgan fingerprint density at radius 2 is 1.96 bits per heavy atom. The molecule has 3 aromatic rings. The summed E-state index contributed by atoms with van der Waals surface area (Å²) < 4.78 is 5.62. The first-order chi connectivity index (χ1) is 13.7. The van der Waals surface area contributed by atoms with E-state index in [0.717, 1.165) is 22.7 Å². The van der Waals surface area contributed by atoms with E-state index in [1.807, 2.05) is 61.5 Å². The quantitative estimate of drug-likeness (QED) is 0.572. The standard InChI is InChI=1S/C22H22ClN3O2/c1-2-28-21-9-4-3-8-19(21)26-18-11-13-24-20(15-18)22(27)25-12-10-16-6-5-7-17(23)14-16/h3-9,11,13-15H,2,10,12H2,1H3,(H,24,26)(H,25,27). The van der Waals surface area contributed by atoms with Crippen molar-refractivity contribution >= 4 is 28.9 Å². The van der Waals surface area contributed by atoms with E-state index in [9.17, 15) is 4.79 Å². The Bertz CT molecular complexity index is 946. The van der Waals surface area contributed by atoms with Crippen molar-refractivity contribution in [2.24, 2.45) is 0 Å². The Morgan fingerprint density at radius 3 is 2.79 bits per heavy atom. The number of halogens is 1. The highest BCUT2D eigenvalue weighted by Crippen LogP contribution is 2.27. The maximum absolute atomic E-state index is 12.4. The first-order valence-electron chi connectivity index (χ1n) is 9.13. The number of anilines is 2. The van der Waals surface area contributed by atoms with Gasteiger partial charge in [0.05, 0.1) is 12.3 Å². The summed E-state index contributed by atoms with van der Waals surface area (Å²) in [5.74, 6) is 0.540. The van der Waals surface area contributed by atoms with E-state index in [1.165, 1.54) is 0 Å². The molecule has 2 aromatic carbocycles. The molecular formula is C22H22ClN3O2. The van der Waals surface area contributed by atoms with Crippen LogP contribution in [0.25, 0.3) is 0 Å². The third-order valence-electron chi connectivity index (χ3n) is 4.05. The summed E-state index contributed by atoms with van der Waals surface area (Å²) in [5, 5.41) is 6.87. The molecular weight excluding hydrogens is 374 g/mol. The lowest BCUT2D eigenvalue weighted by molar-refractivity contribution is 0.0949. The molecule has 5 nitrogen and oxygen atoms in total. The number of rotatable bonds is 8. The number of para-hydroxylation sites is 2. The molecule has 0 fully saturated rings. The van der Waals surface area contributed by atoms with Crippen LogP contribution in [-0.2, 0) is 6.42 Å². The summed E-state index contributed by atoms with van der Waals surface area (Å²) in [4.78, 5) is 16.6. The monoisotopic (exact) mass is 395 g/mol. The van der Waals surface area contributed by atoms with Gasteiger partial charge in [0.1, 0.15) is 11.4 Å². The number of carbonyl (C=O) groups excluding carboxylic acids is 1. The minimum Gasteiger partial charge on any atom is -0.492 e. The summed E-state index contributed by atoms with van der Waals surface area (Å²) in [7, 11) is 0. The molecule has 0 bridgehead atoms. The fraction of sp³-hybridized carbons (Fsp3) is 0.182. The van der Waals surface area contributed by atoms with Crippen LogP contribution in [0.3, 0.4) is 0 Å². The lowest BCUT2D eigenvalue weighted by Gasteiger charge is -2.12. The second-order valence-corrected chi connectivity index (χ2v) is 6.56. The number of amides is 1. The van der Waals surface area contributed by atoms with Crippen LogP contribution in [0, 0.1) is 0 Å². The number of benzene rings is 2. The maximum atomic E-state index is 12.4. The minimum absolute atomic E-state index is 0.219. The summed E-state index contributed by atoms with van der Waals surface area (Å²) in [6.45, 7) is 3.02. The predicted molar refractivity (Wildman–Crippen MR) is 113 cm³/mol. The third-order valence-corrected chi connectivity index (χ3v) is 4.28. The van der Waals surface area contributed by atoms with Gasteiger partial charge in [-0.25, -0.2) is 0 Å². The molecule has 0 atom stereocenters. The van der Waals surface area contributed by atoms with Crippen molar-refractivity contribution in [2.75, 3.05) is 18.5 Å². The second kappa shape index (κ2) is 9.76. The van der Waals surface area contributed by atoms with Crippen molar-refractivity contribution in [3.63, 3.8) is 0 Å². The van der Waals surface area contributed by atoms with Crippen molar-refractivity contribution in [1.82, 2.24) is 10.3 Å². The molecule has 2 N–H and O–H groups in total. The Hall–Kier alpha value is -3.05. The highest BCUT2D eigenvalue weighted by molar-refractivity contribution is 6.30. The van der Waals surface area contributed by atoms with Crippen molar-refractivity contribution < 1.29 is 9.53 Å². The lowest BCUT2D eigenvalue weighted by atomic mass is 10.1. The molecule has 1 amide bonds. The topological polar surface area (TPSA) is 63.2 Å². The Labute approximate surface area is 169 Å². The number of aromatic nitrogens is 1. The first kappa shape index (κ1) is 19.7. The van der Waals surface area contributed by atoms with Crippen LogP contribution < -0.4 is 15.4 Å². The molecule has 0 aliphatic carbocycles. The number of hydrogen-bond donors (Lipinski definition) is 2. The number of pyridine rings is 1. The maximum Gasteiger partial charge on any atom is 0.269 e. The Balaban J connectivity index is 1.62. The smallest absolute Gasteiger partial charge is 0.269 e. The molecule has 0 unspecified atom stereocenters. The van der Waals surface area contributed by atoms with Crippen LogP contribution in [0.2, 0.25) is 5.02 Å². The Morgan fingerprint density at radius 1 is 1.11 bits per heavy atom. The van der Waals surface area contributed by atoms with Gasteiger partial charge in [0.15, 0.2) is 0 Å². The van der Waals surface area contributed by atoms with Gasteiger partial charge in [-0.1, -0.05) is 35.9 Å². The Kier molecular flexibility index (Phi) is 6.87. The van der Waals surface area contributed by atoms with Gasteiger partial charge in [-0.05, 0) is 55.3 Å². The number of nitrogens with zero attached hydrogens (tertiary/aromatic N) is 1. The fourth-order valence-corrected chi connectivity index (χ4v) is 2.96. The van der Waals surface area contributed by atoms with Gasteiger partial charge in [-0.15, -0.1) is 0 Å². The normalized spacial score (nSPS) is 10.4. The highest BCUT2D eigenvalue weighted by atomic mass is 35.5. The van der Waals surface area contributed by atoms with E-state index < -0.39 is 0 Å². The highest BCUT2D eigenvalue weighted by Gasteiger charge is 2.09. The zero-order valence-corrected chi connectivity index (χ0v) is 16.4. The van der Waals surface area contributed by atoms with Gasteiger partial charge in [0, 0.05) is 23.5 Å². The summed E-state index contributed by atoms with van der Waals surface area (Å²) in [5.41, 5.74) is 3.03. The van der Waals surface area contributed by atoms with Crippen molar-refractivity contribution in [3.05, 3.63) is 83.1 Å². The molecule has 0 saturated carbocycles. The predicted octanol–water partition coefficient (Wildman–Crippen LogP) is 4.85. The van der Waals surface area contributed by atoms with E-state index in [4.69, 9.17) is 16.3 Å². The summed E-state index contributed by atoms with van der Waals surface area (Å²) in [6.07, 6.45) is 2.31. The van der Waals surface area contributed by atoms with E-state index in [0.29, 0.717) is 30.3 Å². The molecule has 0 radical (unpaired) electrons. The van der Waals surface area contributed by atoms with Crippen LogP contribution in [0.15, 0.2) is 66.9 Å². The molecule has 144 valence electrons. The van der Waals surface area contributed by atoms with E-state index in [2.05, 4.69) is 15.6 Å². The molecule has 3 rings (SSSR count). The van der Waals surface area contributed by atoms with Gasteiger partial charge in [-0.3, -0.25) is 9.78 Å². The number of ether oxygens (including phenoxy) is 1. The van der Waals surface area contributed by atoms with Gasteiger partial charge < -0.3 is 15.4 Å². The fourth-order valence-electron chi connectivity index (χ4n) is 2.74. The summed E-state index contributed by atoms with van der Waals surface area (Å²) >= 11 is 5.98. The molecule has 0 aliphatic heterocycles. The van der Waals surface area contributed by atoms with Gasteiger partial charge in [0.2, 0.25) is 0 Å². The average Bonchev–Trinajstić information content (AvgIpc) is 2.70. The molecule has 1 heterocycles. The van der Waals surface area contributed by atoms with Crippen molar-refractivity contribution in [2.45, 2.75) is 13.3 Å². The van der Waals surface area contributed by atoms with Crippen LogP contribution in [-0.4, -0.2) is 24.0 Å². The van der Waals surface area contributed by atoms with Crippen LogP contribution in [0.4, 0.5) is 11.4 Å². The van der Waals surface area contributed by atoms with Gasteiger partial charge in [-0.2, -0.15) is 0 Å². The van der Waals surface area contributed by atoms with E-state index in [1.54, 1.807) is 12.3 Å². The number of carbonyl (C=O) groups is 1. The number of hydrogen-bond acceptors (Lipinski definition) is 4. The van der Waals surface area contributed by atoms with Crippen molar-refractivity contribution in [3.8, 4) is 5.75 Å². The van der Waals surface area contributed by atoms with Crippen LogP contribution >= 0.6 is 11.6 Å². The van der Waals surface area contributed by atoms with Gasteiger partial charge >= 0.3 is 0 Å². The van der Waals surface area contributed by atoms with Gasteiger partial charge in [0.25, 0.3) is 5.91 Å². The molecule has 0 spiro atoms. The molecule has 0 saturated heterocycles. The lowest BCUT2D eigenvalue weighted by Crippen LogP contribution is -2.26. The zero-order valence-electron chi connectivity index (χ0n) is 15.6. The molecule has 28 heavy (non-hydrogen) atoms. The van der Waals surface area contributed by atoms with Crippen LogP contribution in [0.5, 0.6) is 5.75 Å². The summed E-state index contributed by atoms with van der Waals surface area (Å²) in [6, 6.07) is 18.8. The van der Waals surface area contributed by atoms with Crippen LogP contribution in [0.1, 0.15) is 23.0 Å². The molecule has 1 aromatic heterocycles. The molecule has 6 heteroatoms. The van der Waals surface area contributed by atoms with E-state index in [-0.39, 0.29) is 5.91 Å². The molecule has 0 aliphatic rings. The minimum atomic E-state index is -0.219. The SMILES string of the molecule is CCOc1ccccc1Nc1ccnc(C(=O)NCCc2cccc(Cl)c2)c1. The van der Waals surface area contributed by atoms with E-state index >= 15 is 0 Å². The first-order valence-corrected chi connectivity index (χ1v) is 9.51. The van der Waals surface area contributed by atoms with Crippen molar-refractivity contribution in [1.29, 1.82) is 0 Å². The zero-order chi connectivity index (χ0) is 19.8. The number of nitrogens with one attached hydrogen (secondary N) is 2. The average molecular weight is 396 g/mol. The second-order valence-electron chi connectivity index (χ2n) is 6.12. The largest absolute Gasteiger partial charge is 0.492 e.